The van der Waals surface area contributed by atoms with E-state index in [1.165, 1.54) is 14.1 Å². The highest BCUT2D eigenvalue weighted by Gasteiger charge is 2.15. The van der Waals surface area contributed by atoms with E-state index < -0.39 is 10.2 Å². The fraction of sp³-hybridized carbons (Fsp3) is 0.700. The van der Waals surface area contributed by atoms with Crippen molar-refractivity contribution in [3.8, 4) is 0 Å². The summed E-state index contributed by atoms with van der Waals surface area (Å²) in [6, 6.07) is 0. The van der Waals surface area contributed by atoms with Gasteiger partial charge in [-0.15, -0.1) is 0 Å². The number of anilines is 2. The van der Waals surface area contributed by atoms with E-state index in [2.05, 4.69) is 19.7 Å². The Balaban J connectivity index is 3.00. The molecule has 0 fully saturated rings. The lowest BCUT2D eigenvalue weighted by Gasteiger charge is -2.17. The third-order valence-corrected chi connectivity index (χ3v) is 3.82. The lowest BCUT2D eigenvalue weighted by atomic mass is 10.6. The quantitative estimate of drug-likeness (QED) is 0.713. The topological polar surface area (TPSA) is 94.6 Å². The second kappa shape index (κ2) is 6.29. The van der Waals surface area contributed by atoms with Crippen molar-refractivity contribution >= 4 is 22.1 Å². The van der Waals surface area contributed by atoms with Gasteiger partial charge >= 0.3 is 0 Å². The van der Waals surface area contributed by atoms with Gasteiger partial charge in [-0.25, -0.2) is 0 Å². The molecule has 0 spiro atoms. The molecule has 0 aromatic carbocycles. The van der Waals surface area contributed by atoms with E-state index in [-0.39, 0.29) is 6.54 Å². The first-order valence-corrected chi connectivity index (χ1v) is 7.34. The maximum absolute atomic E-state index is 11.7. The average Bonchev–Trinajstić information content (AvgIpc) is 2.35. The number of hydrogen-bond acceptors (Lipinski definition) is 7. The molecule has 0 unspecified atom stereocenters. The molecule has 9 nitrogen and oxygen atoms in total. The minimum Gasteiger partial charge on any atom is -0.347 e. The van der Waals surface area contributed by atoms with Gasteiger partial charge in [-0.3, -0.25) is 0 Å². The minimum atomic E-state index is -3.51. The number of rotatable bonds is 6. The number of nitrogens with zero attached hydrogens (tertiary/aromatic N) is 6. The van der Waals surface area contributed by atoms with Gasteiger partial charge in [0, 0.05) is 42.3 Å². The van der Waals surface area contributed by atoms with E-state index in [0.717, 1.165) is 4.31 Å². The Bertz CT molecular complexity index is 530. The molecule has 0 bridgehead atoms. The molecule has 1 aromatic rings. The van der Waals surface area contributed by atoms with Crippen molar-refractivity contribution in [1.29, 1.82) is 0 Å². The van der Waals surface area contributed by atoms with Gasteiger partial charge in [0.25, 0.3) is 10.2 Å². The van der Waals surface area contributed by atoms with Gasteiger partial charge in [-0.2, -0.15) is 32.4 Å². The SMILES string of the molecule is CN(C)c1nc(CNS(=O)(=O)N(C)C)nc(N(C)C)n1. The molecule has 20 heavy (non-hydrogen) atoms. The minimum absolute atomic E-state index is 0.00468. The third-order valence-electron chi connectivity index (χ3n) is 2.35. The Morgan fingerprint density at radius 3 is 1.70 bits per heavy atom. The summed E-state index contributed by atoms with van der Waals surface area (Å²) >= 11 is 0. The molecule has 0 saturated heterocycles. The van der Waals surface area contributed by atoms with Crippen LogP contribution in [0, 0.1) is 0 Å². The van der Waals surface area contributed by atoms with Crippen LogP contribution in [0.15, 0.2) is 0 Å². The summed E-state index contributed by atoms with van der Waals surface area (Å²) in [4.78, 5) is 16.1. The molecule has 0 aliphatic heterocycles. The lowest BCUT2D eigenvalue weighted by Crippen LogP contribution is -2.35. The fourth-order valence-corrected chi connectivity index (χ4v) is 1.73. The smallest absolute Gasteiger partial charge is 0.279 e. The van der Waals surface area contributed by atoms with E-state index in [1.807, 2.05) is 28.2 Å². The maximum atomic E-state index is 11.7. The van der Waals surface area contributed by atoms with E-state index >= 15 is 0 Å². The molecular formula is C10H21N7O2S. The Labute approximate surface area is 119 Å². The van der Waals surface area contributed by atoms with Crippen molar-refractivity contribution in [2.24, 2.45) is 0 Å². The number of nitrogens with one attached hydrogen (secondary N) is 1. The van der Waals surface area contributed by atoms with E-state index in [0.29, 0.717) is 17.7 Å². The van der Waals surface area contributed by atoms with Crippen LogP contribution in [-0.4, -0.2) is 70.0 Å². The molecular weight excluding hydrogens is 282 g/mol. The third kappa shape index (κ3) is 4.25. The van der Waals surface area contributed by atoms with Gasteiger partial charge in [0.2, 0.25) is 11.9 Å². The van der Waals surface area contributed by atoms with Crippen LogP contribution in [0.4, 0.5) is 11.9 Å². The van der Waals surface area contributed by atoms with Crippen molar-refractivity contribution in [3.05, 3.63) is 5.82 Å². The summed E-state index contributed by atoms with van der Waals surface area (Å²) in [5, 5.41) is 0. The van der Waals surface area contributed by atoms with Crippen LogP contribution in [0.2, 0.25) is 0 Å². The van der Waals surface area contributed by atoms with Crippen molar-refractivity contribution < 1.29 is 8.42 Å². The largest absolute Gasteiger partial charge is 0.347 e. The molecule has 0 atom stereocenters. The van der Waals surface area contributed by atoms with Crippen LogP contribution in [0.25, 0.3) is 0 Å². The molecule has 0 amide bonds. The second-order valence-electron chi connectivity index (χ2n) is 4.75. The summed E-state index contributed by atoms with van der Waals surface area (Å²) in [6.45, 7) is 0.00468. The molecule has 1 N–H and O–H groups in total. The predicted octanol–water partition coefficient (Wildman–Crippen LogP) is -1.10. The molecule has 0 aliphatic carbocycles. The first-order chi connectivity index (χ1) is 9.13. The van der Waals surface area contributed by atoms with Crippen molar-refractivity contribution in [1.82, 2.24) is 24.0 Å². The first kappa shape index (κ1) is 16.5. The maximum Gasteiger partial charge on any atom is 0.279 e. The summed E-state index contributed by atoms with van der Waals surface area (Å²) in [5.74, 6) is 1.31. The van der Waals surface area contributed by atoms with Crippen LogP contribution in [0.5, 0.6) is 0 Å². The van der Waals surface area contributed by atoms with Gasteiger partial charge in [0.05, 0.1) is 6.54 Å². The highest BCUT2D eigenvalue weighted by atomic mass is 32.2. The zero-order valence-electron chi connectivity index (χ0n) is 12.6. The highest BCUT2D eigenvalue weighted by molar-refractivity contribution is 7.87. The lowest BCUT2D eigenvalue weighted by molar-refractivity contribution is 0.503. The standard InChI is InChI=1S/C10H21N7O2S/c1-15(2)9-12-8(13-10(14-9)16(3)4)7-11-20(18,19)17(5)6/h11H,7H2,1-6H3. The summed E-state index contributed by atoms with van der Waals surface area (Å²) in [5.41, 5.74) is 0. The van der Waals surface area contributed by atoms with Gasteiger partial charge in [-0.05, 0) is 0 Å². The monoisotopic (exact) mass is 303 g/mol. The Morgan fingerprint density at radius 1 is 0.900 bits per heavy atom. The van der Waals surface area contributed by atoms with Crippen LogP contribution in [0.1, 0.15) is 5.82 Å². The molecule has 0 saturated carbocycles. The fourth-order valence-electron chi connectivity index (χ4n) is 1.16. The van der Waals surface area contributed by atoms with Crippen molar-refractivity contribution in [2.75, 3.05) is 52.1 Å². The van der Waals surface area contributed by atoms with E-state index in [9.17, 15) is 8.42 Å². The zero-order chi connectivity index (χ0) is 15.5. The molecule has 0 radical (unpaired) electrons. The van der Waals surface area contributed by atoms with Gasteiger partial charge < -0.3 is 9.80 Å². The van der Waals surface area contributed by atoms with Crippen LogP contribution in [0.3, 0.4) is 0 Å². The number of hydrogen-bond donors (Lipinski definition) is 1. The number of aromatic nitrogens is 3. The van der Waals surface area contributed by atoms with Gasteiger partial charge in [0.15, 0.2) is 5.82 Å². The predicted molar refractivity (Wildman–Crippen MR) is 77.9 cm³/mol. The van der Waals surface area contributed by atoms with Crippen molar-refractivity contribution in [2.45, 2.75) is 6.54 Å². The molecule has 1 heterocycles. The van der Waals surface area contributed by atoms with E-state index in [1.54, 1.807) is 9.80 Å². The van der Waals surface area contributed by atoms with Crippen LogP contribution < -0.4 is 14.5 Å². The van der Waals surface area contributed by atoms with Gasteiger partial charge in [-0.1, -0.05) is 0 Å². The van der Waals surface area contributed by atoms with Gasteiger partial charge in [0.1, 0.15) is 0 Å². The van der Waals surface area contributed by atoms with Crippen LogP contribution in [-0.2, 0) is 16.8 Å². The Morgan fingerprint density at radius 2 is 1.35 bits per heavy atom. The van der Waals surface area contributed by atoms with E-state index in [4.69, 9.17) is 0 Å². The highest BCUT2D eigenvalue weighted by Crippen LogP contribution is 2.10. The summed E-state index contributed by atoms with van der Waals surface area (Å²) in [6.07, 6.45) is 0. The summed E-state index contributed by atoms with van der Waals surface area (Å²) in [7, 11) is 6.63. The van der Waals surface area contributed by atoms with Crippen LogP contribution >= 0.6 is 0 Å². The molecule has 10 heteroatoms. The normalized spacial score (nSPS) is 11.8. The first-order valence-electron chi connectivity index (χ1n) is 5.90. The Kier molecular flexibility index (Phi) is 5.20. The Hall–Kier alpha value is -1.52. The summed E-state index contributed by atoms with van der Waals surface area (Å²) < 4.78 is 26.8. The second-order valence-corrected chi connectivity index (χ2v) is 6.72. The molecule has 1 aromatic heterocycles. The molecule has 0 aliphatic rings. The molecule has 114 valence electrons. The van der Waals surface area contributed by atoms with Crippen molar-refractivity contribution in [3.63, 3.8) is 0 Å². The average molecular weight is 303 g/mol. The zero-order valence-corrected chi connectivity index (χ0v) is 13.4. The molecule has 1 rings (SSSR count).